The van der Waals surface area contributed by atoms with Gasteiger partial charge in [0.05, 0.1) is 5.57 Å². The van der Waals surface area contributed by atoms with Crippen molar-refractivity contribution in [1.82, 2.24) is 4.90 Å². The fraction of sp³-hybridized carbons (Fsp3) is 0.643. The summed E-state index contributed by atoms with van der Waals surface area (Å²) in [6.07, 6.45) is 9.46. The lowest BCUT2D eigenvalue weighted by atomic mass is 10.1. The summed E-state index contributed by atoms with van der Waals surface area (Å²) in [6.45, 7) is 5.85. The SMILES string of the molecule is CC/C=C/CC/C(=C(\C)C(=O)O)N1CCCC1. The van der Waals surface area contributed by atoms with Gasteiger partial charge in [0, 0.05) is 18.8 Å². The van der Waals surface area contributed by atoms with E-state index in [-0.39, 0.29) is 0 Å². The highest BCUT2D eigenvalue weighted by molar-refractivity contribution is 5.86. The van der Waals surface area contributed by atoms with Crippen LogP contribution in [0.3, 0.4) is 0 Å². The van der Waals surface area contributed by atoms with E-state index in [1.54, 1.807) is 6.92 Å². The monoisotopic (exact) mass is 237 g/mol. The summed E-state index contributed by atoms with van der Waals surface area (Å²) in [7, 11) is 0. The quantitative estimate of drug-likeness (QED) is 0.569. The smallest absolute Gasteiger partial charge is 0.333 e. The Morgan fingerprint density at radius 3 is 2.47 bits per heavy atom. The number of carboxylic acid groups (broad SMARTS) is 1. The highest BCUT2D eigenvalue weighted by Gasteiger charge is 2.18. The number of carboxylic acids is 1. The molecule has 0 saturated carbocycles. The van der Waals surface area contributed by atoms with E-state index in [9.17, 15) is 4.79 Å². The molecule has 1 saturated heterocycles. The largest absolute Gasteiger partial charge is 0.478 e. The first kappa shape index (κ1) is 13.8. The maximum absolute atomic E-state index is 11.1. The third-order valence-corrected chi connectivity index (χ3v) is 3.19. The van der Waals surface area contributed by atoms with E-state index in [1.165, 1.54) is 12.8 Å². The van der Waals surface area contributed by atoms with Crippen LogP contribution >= 0.6 is 0 Å². The third-order valence-electron chi connectivity index (χ3n) is 3.19. The number of allylic oxidation sites excluding steroid dienone is 3. The molecular weight excluding hydrogens is 214 g/mol. The van der Waals surface area contributed by atoms with Crippen molar-refractivity contribution in [2.75, 3.05) is 13.1 Å². The highest BCUT2D eigenvalue weighted by Crippen LogP contribution is 2.22. The molecule has 3 nitrogen and oxygen atoms in total. The van der Waals surface area contributed by atoms with Crippen LogP contribution in [0.15, 0.2) is 23.4 Å². The van der Waals surface area contributed by atoms with Crippen molar-refractivity contribution in [1.29, 1.82) is 0 Å². The molecule has 17 heavy (non-hydrogen) atoms. The number of rotatable bonds is 6. The number of aliphatic carboxylic acids is 1. The number of likely N-dealkylation sites (tertiary alicyclic amines) is 1. The van der Waals surface area contributed by atoms with Crippen molar-refractivity contribution in [2.24, 2.45) is 0 Å². The van der Waals surface area contributed by atoms with Crippen LogP contribution in [0.2, 0.25) is 0 Å². The Morgan fingerprint density at radius 2 is 1.94 bits per heavy atom. The molecule has 1 rings (SSSR count). The van der Waals surface area contributed by atoms with E-state index in [0.29, 0.717) is 5.57 Å². The predicted molar refractivity (Wildman–Crippen MR) is 69.8 cm³/mol. The minimum atomic E-state index is -0.786. The zero-order valence-electron chi connectivity index (χ0n) is 10.9. The minimum absolute atomic E-state index is 0.511. The minimum Gasteiger partial charge on any atom is -0.478 e. The van der Waals surface area contributed by atoms with Crippen molar-refractivity contribution in [3.05, 3.63) is 23.4 Å². The molecule has 0 radical (unpaired) electrons. The molecule has 0 amide bonds. The molecule has 1 aliphatic heterocycles. The Hall–Kier alpha value is -1.25. The van der Waals surface area contributed by atoms with Crippen LogP contribution in [-0.4, -0.2) is 29.1 Å². The number of hydrogen-bond donors (Lipinski definition) is 1. The summed E-state index contributed by atoms with van der Waals surface area (Å²) in [5, 5.41) is 9.11. The van der Waals surface area contributed by atoms with Gasteiger partial charge in [0.25, 0.3) is 0 Å². The van der Waals surface area contributed by atoms with E-state index in [2.05, 4.69) is 24.0 Å². The second-order valence-electron chi connectivity index (χ2n) is 4.49. The molecule has 0 unspecified atom stereocenters. The molecule has 0 bridgehead atoms. The summed E-state index contributed by atoms with van der Waals surface area (Å²) in [6, 6.07) is 0. The predicted octanol–water partition coefficient (Wildman–Crippen LogP) is 3.19. The van der Waals surface area contributed by atoms with E-state index >= 15 is 0 Å². The molecule has 1 fully saturated rings. The normalized spacial score (nSPS) is 17.6. The van der Waals surface area contributed by atoms with Crippen molar-refractivity contribution in [3.63, 3.8) is 0 Å². The van der Waals surface area contributed by atoms with E-state index in [1.807, 2.05) is 0 Å². The van der Waals surface area contributed by atoms with Gasteiger partial charge in [-0.25, -0.2) is 4.79 Å². The Kier molecular flexibility index (Phi) is 5.81. The van der Waals surface area contributed by atoms with Gasteiger partial charge in [-0.3, -0.25) is 0 Å². The summed E-state index contributed by atoms with van der Waals surface area (Å²) < 4.78 is 0. The van der Waals surface area contributed by atoms with Crippen LogP contribution in [-0.2, 0) is 4.79 Å². The van der Waals surface area contributed by atoms with Gasteiger partial charge in [0.1, 0.15) is 0 Å². The van der Waals surface area contributed by atoms with Crippen LogP contribution in [0.1, 0.15) is 46.0 Å². The lowest BCUT2D eigenvalue weighted by Gasteiger charge is -2.22. The molecule has 0 spiro atoms. The highest BCUT2D eigenvalue weighted by atomic mass is 16.4. The molecule has 96 valence electrons. The first-order valence-electron chi connectivity index (χ1n) is 6.49. The van der Waals surface area contributed by atoms with Crippen LogP contribution in [0.25, 0.3) is 0 Å². The summed E-state index contributed by atoms with van der Waals surface area (Å²) in [4.78, 5) is 13.3. The van der Waals surface area contributed by atoms with E-state index < -0.39 is 5.97 Å². The summed E-state index contributed by atoms with van der Waals surface area (Å²) in [5.41, 5.74) is 1.53. The van der Waals surface area contributed by atoms with E-state index in [4.69, 9.17) is 5.11 Å². The van der Waals surface area contributed by atoms with Gasteiger partial charge in [-0.15, -0.1) is 0 Å². The van der Waals surface area contributed by atoms with Gasteiger partial charge in [-0.1, -0.05) is 19.1 Å². The summed E-state index contributed by atoms with van der Waals surface area (Å²) in [5.74, 6) is -0.786. The van der Waals surface area contributed by atoms with Gasteiger partial charge in [-0.05, 0) is 39.0 Å². The lowest BCUT2D eigenvalue weighted by molar-refractivity contribution is -0.132. The van der Waals surface area contributed by atoms with Crippen molar-refractivity contribution in [3.8, 4) is 0 Å². The second-order valence-corrected chi connectivity index (χ2v) is 4.49. The molecule has 1 aliphatic rings. The van der Waals surface area contributed by atoms with Crippen LogP contribution in [0.4, 0.5) is 0 Å². The molecule has 1 N–H and O–H groups in total. The Labute approximate surface area is 104 Å². The zero-order chi connectivity index (χ0) is 12.7. The van der Waals surface area contributed by atoms with Gasteiger partial charge >= 0.3 is 5.97 Å². The van der Waals surface area contributed by atoms with Crippen molar-refractivity contribution >= 4 is 5.97 Å². The third kappa shape index (κ3) is 4.25. The van der Waals surface area contributed by atoms with Gasteiger partial charge < -0.3 is 10.0 Å². The first-order valence-corrected chi connectivity index (χ1v) is 6.49. The molecule has 0 aliphatic carbocycles. The zero-order valence-corrected chi connectivity index (χ0v) is 10.9. The molecule has 3 heteroatoms. The van der Waals surface area contributed by atoms with Crippen LogP contribution in [0, 0.1) is 0 Å². The maximum atomic E-state index is 11.1. The van der Waals surface area contributed by atoms with Crippen molar-refractivity contribution < 1.29 is 9.90 Å². The Bertz CT molecular complexity index is 312. The fourth-order valence-corrected chi connectivity index (χ4v) is 2.20. The Balaban J connectivity index is 2.68. The molecule has 0 aromatic rings. The number of nitrogens with zero attached hydrogens (tertiary/aromatic N) is 1. The fourth-order valence-electron chi connectivity index (χ4n) is 2.20. The maximum Gasteiger partial charge on any atom is 0.333 e. The lowest BCUT2D eigenvalue weighted by Crippen LogP contribution is -2.21. The van der Waals surface area contributed by atoms with Gasteiger partial charge in [0.15, 0.2) is 0 Å². The van der Waals surface area contributed by atoms with Crippen LogP contribution < -0.4 is 0 Å². The number of hydrogen-bond acceptors (Lipinski definition) is 2. The Morgan fingerprint density at radius 1 is 1.29 bits per heavy atom. The average Bonchev–Trinajstić information content (AvgIpc) is 2.81. The van der Waals surface area contributed by atoms with Gasteiger partial charge in [0.2, 0.25) is 0 Å². The number of carbonyl (C=O) groups is 1. The standard InChI is InChI=1S/C14H23NO2/c1-3-4-5-6-9-13(12(2)14(16)17)15-10-7-8-11-15/h4-5H,3,6-11H2,1-2H3,(H,16,17)/b5-4+,13-12-. The topological polar surface area (TPSA) is 40.5 Å². The van der Waals surface area contributed by atoms with Crippen molar-refractivity contribution in [2.45, 2.75) is 46.0 Å². The first-order chi connectivity index (χ1) is 8.16. The molecular formula is C14H23NO2. The molecule has 0 atom stereocenters. The molecule has 1 heterocycles. The van der Waals surface area contributed by atoms with E-state index in [0.717, 1.165) is 38.0 Å². The molecule has 0 aromatic carbocycles. The summed E-state index contributed by atoms with van der Waals surface area (Å²) >= 11 is 0. The average molecular weight is 237 g/mol. The van der Waals surface area contributed by atoms with Crippen LogP contribution in [0.5, 0.6) is 0 Å². The second kappa shape index (κ2) is 7.15. The van der Waals surface area contributed by atoms with Gasteiger partial charge in [-0.2, -0.15) is 0 Å². The molecule has 0 aromatic heterocycles.